The molecule has 0 unspecified atom stereocenters. The molecular weight excluding hydrogens is 260 g/mol. The van der Waals surface area contributed by atoms with Gasteiger partial charge in [0.1, 0.15) is 5.41 Å². The Morgan fingerprint density at radius 3 is 2.45 bits per heavy atom. The molecule has 5 heteroatoms. The van der Waals surface area contributed by atoms with E-state index in [1.165, 1.54) is 0 Å². The lowest BCUT2D eigenvalue weighted by atomic mass is 9.70. The average molecular weight is 284 g/mol. The average Bonchev–Trinajstić information content (AvgIpc) is 2.68. The topological polar surface area (TPSA) is 72.8 Å². The largest absolute Gasteiger partial charge is 0.466 e. The second-order valence-corrected chi connectivity index (χ2v) is 5.16. The number of hydrogen-bond acceptors (Lipinski definition) is 5. The van der Waals surface area contributed by atoms with Crippen LogP contribution in [0.15, 0.2) is 12.7 Å². The van der Waals surface area contributed by atoms with Crippen LogP contribution >= 0.6 is 0 Å². The summed E-state index contributed by atoms with van der Waals surface area (Å²) in [6, 6.07) is 0. The second-order valence-electron chi connectivity index (χ2n) is 5.16. The van der Waals surface area contributed by atoms with E-state index < -0.39 is 23.0 Å². The standard InChI is InChI=1S/C15H24O5/c1-4-8-15(18)10-7-9-14(15,13(17)20-6-3)11-12(16)19-5-2/h4,18H,1,5-11H2,2-3H3/t14-,15-/m1/s1. The van der Waals surface area contributed by atoms with Crippen LogP contribution < -0.4 is 0 Å². The maximum absolute atomic E-state index is 12.4. The van der Waals surface area contributed by atoms with Crippen molar-refractivity contribution in [3.05, 3.63) is 12.7 Å². The molecule has 1 saturated carbocycles. The van der Waals surface area contributed by atoms with Gasteiger partial charge >= 0.3 is 11.9 Å². The maximum Gasteiger partial charge on any atom is 0.315 e. The Morgan fingerprint density at radius 1 is 1.25 bits per heavy atom. The van der Waals surface area contributed by atoms with E-state index in [-0.39, 0.29) is 26.1 Å². The first kappa shape index (κ1) is 16.7. The molecular formula is C15H24O5. The van der Waals surface area contributed by atoms with Crippen LogP contribution in [0.5, 0.6) is 0 Å². The molecule has 0 aromatic heterocycles. The molecule has 2 atom stereocenters. The fourth-order valence-electron chi connectivity index (χ4n) is 3.04. The lowest BCUT2D eigenvalue weighted by Gasteiger charge is -2.39. The quantitative estimate of drug-likeness (QED) is 0.571. The molecule has 0 aromatic rings. The van der Waals surface area contributed by atoms with Gasteiger partial charge in [-0.05, 0) is 39.5 Å². The molecule has 1 rings (SSSR count). The fraction of sp³-hybridized carbons (Fsp3) is 0.733. The summed E-state index contributed by atoms with van der Waals surface area (Å²) in [5.74, 6) is -1.00. The van der Waals surface area contributed by atoms with Gasteiger partial charge in [0.25, 0.3) is 0 Å². The van der Waals surface area contributed by atoms with Gasteiger partial charge in [-0.3, -0.25) is 9.59 Å². The van der Waals surface area contributed by atoms with Crippen molar-refractivity contribution in [2.45, 2.75) is 51.6 Å². The number of ether oxygens (including phenoxy) is 2. The summed E-state index contributed by atoms with van der Waals surface area (Å²) in [6.45, 7) is 7.50. The van der Waals surface area contributed by atoms with E-state index in [9.17, 15) is 14.7 Å². The number of carbonyl (C=O) groups excluding carboxylic acids is 2. The molecule has 0 aliphatic heterocycles. The Kier molecular flexibility index (Phi) is 5.74. The second kappa shape index (κ2) is 6.88. The summed E-state index contributed by atoms with van der Waals surface area (Å²) in [7, 11) is 0. The van der Waals surface area contributed by atoms with Crippen molar-refractivity contribution >= 4 is 11.9 Å². The normalized spacial score (nSPS) is 28.9. The molecule has 0 radical (unpaired) electrons. The van der Waals surface area contributed by atoms with Crippen LogP contribution in [0.3, 0.4) is 0 Å². The third-order valence-electron chi connectivity index (χ3n) is 3.98. The highest BCUT2D eigenvalue weighted by Gasteiger charge is 2.60. The van der Waals surface area contributed by atoms with Gasteiger partial charge in [-0.25, -0.2) is 0 Å². The van der Waals surface area contributed by atoms with Crippen molar-refractivity contribution in [2.24, 2.45) is 5.41 Å². The molecule has 1 aliphatic rings. The maximum atomic E-state index is 12.4. The minimum absolute atomic E-state index is 0.149. The zero-order valence-corrected chi connectivity index (χ0v) is 12.3. The Morgan fingerprint density at radius 2 is 1.90 bits per heavy atom. The van der Waals surface area contributed by atoms with Gasteiger partial charge in [-0.1, -0.05) is 6.08 Å². The summed E-state index contributed by atoms with van der Waals surface area (Å²) in [6.07, 6.45) is 3.23. The van der Waals surface area contributed by atoms with Gasteiger partial charge in [-0.15, -0.1) is 6.58 Å². The lowest BCUT2D eigenvalue weighted by Crippen LogP contribution is -2.51. The van der Waals surface area contributed by atoms with E-state index in [0.29, 0.717) is 19.3 Å². The van der Waals surface area contributed by atoms with Gasteiger partial charge < -0.3 is 14.6 Å². The third kappa shape index (κ3) is 3.03. The van der Waals surface area contributed by atoms with Crippen molar-refractivity contribution in [2.75, 3.05) is 13.2 Å². The Labute approximate surface area is 119 Å². The molecule has 0 saturated heterocycles. The van der Waals surface area contributed by atoms with E-state index in [1.807, 2.05) is 0 Å². The zero-order valence-electron chi connectivity index (χ0n) is 12.3. The summed E-state index contributed by atoms with van der Waals surface area (Å²) >= 11 is 0. The SMILES string of the molecule is C=CC[C@@]1(O)CCC[C@@]1(CC(=O)OCC)C(=O)OCC. The summed E-state index contributed by atoms with van der Waals surface area (Å²) in [5.41, 5.74) is -2.50. The number of rotatable bonds is 7. The van der Waals surface area contributed by atoms with Crippen LogP contribution in [-0.4, -0.2) is 35.9 Å². The predicted molar refractivity (Wildman–Crippen MR) is 73.9 cm³/mol. The zero-order chi connectivity index (χ0) is 15.2. The summed E-state index contributed by atoms with van der Waals surface area (Å²) in [5, 5.41) is 10.8. The fourth-order valence-corrected chi connectivity index (χ4v) is 3.04. The molecule has 1 N–H and O–H groups in total. The van der Waals surface area contributed by atoms with Gasteiger partial charge in [-0.2, -0.15) is 0 Å². The molecule has 0 amide bonds. The van der Waals surface area contributed by atoms with Gasteiger partial charge in [0.15, 0.2) is 0 Å². The van der Waals surface area contributed by atoms with Crippen LogP contribution in [0, 0.1) is 5.41 Å². The van der Waals surface area contributed by atoms with Crippen molar-refractivity contribution in [3.8, 4) is 0 Å². The minimum Gasteiger partial charge on any atom is -0.466 e. The van der Waals surface area contributed by atoms with Crippen LogP contribution in [0.2, 0.25) is 0 Å². The van der Waals surface area contributed by atoms with Crippen LogP contribution in [0.1, 0.15) is 46.0 Å². The Balaban J connectivity index is 3.09. The van der Waals surface area contributed by atoms with E-state index in [1.54, 1.807) is 19.9 Å². The number of hydrogen-bond donors (Lipinski definition) is 1. The molecule has 1 fully saturated rings. The molecule has 0 heterocycles. The van der Waals surface area contributed by atoms with E-state index in [0.717, 1.165) is 0 Å². The number of aliphatic hydroxyl groups is 1. The smallest absolute Gasteiger partial charge is 0.315 e. The minimum atomic E-state index is -1.28. The van der Waals surface area contributed by atoms with E-state index in [2.05, 4.69) is 6.58 Å². The lowest BCUT2D eigenvalue weighted by molar-refractivity contribution is -0.178. The number of carbonyl (C=O) groups is 2. The van der Waals surface area contributed by atoms with Gasteiger partial charge in [0, 0.05) is 0 Å². The summed E-state index contributed by atoms with van der Waals surface area (Å²) in [4.78, 5) is 24.2. The molecule has 1 aliphatic carbocycles. The summed E-state index contributed by atoms with van der Waals surface area (Å²) < 4.78 is 10.1. The van der Waals surface area contributed by atoms with Crippen molar-refractivity contribution < 1.29 is 24.2 Å². The van der Waals surface area contributed by atoms with Crippen LogP contribution in [0.25, 0.3) is 0 Å². The predicted octanol–water partition coefficient (Wildman–Crippen LogP) is 1.98. The van der Waals surface area contributed by atoms with Crippen LogP contribution in [-0.2, 0) is 19.1 Å². The molecule has 20 heavy (non-hydrogen) atoms. The molecule has 5 nitrogen and oxygen atoms in total. The molecule has 114 valence electrons. The highest BCUT2D eigenvalue weighted by Crippen LogP contribution is 2.52. The number of esters is 2. The first-order valence-electron chi connectivity index (χ1n) is 7.12. The first-order chi connectivity index (χ1) is 9.45. The highest BCUT2D eigenvalue weighted by molar-refractivity contribution is 5.85. The van der Waals surface area contributed by atoms with Crippen LogP contribution in [0.4, 0.5) is 0 Å². The van der Waals surface area contributed by atoms with Gasteiger partial charge in [0.2, 0.25) is 0 Å². The Hall–Kier alpha value is -1.36. The molecule has 0 bridgehead atoms. The van der Waals surface area contributed by atoms with Gasteiger partial charge in [0.05, 0.1) is 25.2 Å². The molecule has 0 spiro atoms. The van der Waals surface area contributed by atoms with Crippen molar-refractivity contribution in [1.82, 2.24) is 0 Å². The van der Waals surface area contributed by atoms with E-state index in [4.69, 9.17) is 9.47 Å². The third-order valence-corrected chi connectivity index (χ3v) is 3.98. The van der Waals surface area contributed by atoms with E-state index >= 15 is 0 Å². The van der Waals surface area contributed by atoms with Crippen molar-refractivity contribution in [3.63, 3.8) is 0 Å². The highest BCUT2D eigenvalue weighted by atomic mass is 16.5. The van der Waals surface area contributed by atoms with Crippen molar-refractivity contribution in [1.29, 1.82) is 0 Å². The first-order valence-corrected chi connectivity index (χ1v) is 7.12. The molecule has 0 aromatic carbocycles. The Bertz CT molecular complexity index is 378. The monoisotopic (exact) mass is 284 g/mol.